The molecule has 4 nitrogen and oxygen atoms in total. The topological polar surface area (TPSA) is 66.8 Å². The highest BCUT2D eigenvalue weighted by molar-refractivity contribution is 7.30. The van der Waals surface area contributed by atoms with Gasteiger partial charge < -0.3 is 4.74 Å². The Bertz CT molecular complexity index is 59.6. The Hall–Kier alpha value is -0.0200. The van der Waals surface area contributed by atoms with Crippen molar-refractivity contribution in [1.82, 2.24) is 0 Å². The highest BCUT2D eigenvalue weighted by Crippen LogP contribution is 1.98. The summed E-state index contributed by atoms with van der Waals surface area (Å²) < 4.78 is 13.5. The van der Waals surface area contributed by atoms with Crippen LogP contribution >= 0.6 is 8.25 Å². The van der Waals surface area contributed by atoms with E-state index < -0.39 is 8.25 Å². The first-order chi connectivity index (χ1) is 4.15. The summed E-state index contributed by atoms with van der Waals surface area (Å²) in [6.07, 6.45) is 0. The fourth-order valence-corrected chi connectivity index (χ4v) is 0.204. The molecular formula is C4H12O4P+. The first kappa shape index (κ1) is 11.7. The van der Waals surface area contributed by atoms with E-state index in [0.29, 0.717) is 0 Å². The van der Waals surface area contributed by atoms with Crippen LogP contribution < -0.4 is 0 Å². The molecule has 0 aliphatic rings. The summed E-state index contributed by atoms with van der Waals surface area (Å²) in [4.78, 5) is 14.2. The van der Waals surface area contributed by atoms with Crippen LogP contribution in [0.2, 0.25) is 0 Å². The molecular weight excluding hydrogens is 143 g/mol. The molecule has 0 rings (SSSR count). The van der Waals surface area contributed by atoms with Gasteiger partial charge in [-0.2, -0.15) is 0 Å². The van der Waals surface area contributed by atoms with Gasteiger partial charge in [0.05, 0.1) is 0 Å². The molecule has 0 aromatic carbocycles. The SMILES string of the molecule is CCOCC.O=[P+](O)O. The average molecular weight is 155 g/mol. The third-order valence-corrected chi connectivity index (χ3v) is 0.408. The van der Waals surface area contributed by atoms with Crippen LogP contribution in [-0.2, 0) is 9.30 Å². The van der Waals surface area contributed by atoms with Gasteiger partial charge in [0.1, 0.15) is 0 Å². The molecule has 0 heterocycles. The van der Waals surface area contributed by atoms with Gasteiger partial charge in [0, 0.05) is 17.8 Å². The van der Waals surface area contributed by atoms with Crippen LogP contribution in [0.5, 0.6) is 0 Å². The molecule has 0 saturated heterocycles. The first-order valence-corrected chi connectivity index (χ1v) is 3.74. The van der Waals surface area contributed by atoms with E-state index in [-0.39, 0.29) is 0 Å². The Morgan fingerprint density at radius 2 is 1.56 bits per heavy atom. The Kier molecular flexibility index (Phi) is 14.2. The molecule has 0 atom stereocenters. The maximum Gasteiger partial charge on any atom is 0.692 e. The van der Waals surface area contributed by atoms with Crippen molar-refractivity contribution in [1.29, 1.82) is 0 Å². The lowest BCUT2D eigenvalue weighted by Crippen LogP contribution is -1.84. The molecule has 0 aliphatic heterocycles. The van der Waals surface area contributed by atoms with Crippen LogP contribution in [0, 0.1) is 0 Å². The van der Waals surface area contributed by atoms with Crippen molar-refractivity contribution >= 4 is 8.25 Å². The highest BCUT2D eigenvalue weighted by Gasteiger charge is 1.93. The zero-order chi connectivity index (χ0) is 7.70. The van der Waals surface area contributed by atoms with Gasteiger partial charge in [-0.3, -0.25) is 0 Å². The van der Waals surface area contributed by atoms with Crippen LogP contribution in [-0.4, -0.2) is 23.0 Å². The molecule has 0 aliphatic carbocycles. The zero-order valence-electron chi connectivity index (χ0n) is 5.57. The third kappa shape index (κ3) is 72.8. The summed E-state index contributed by atoms with van der Waals surface area (Å²) in [5.41, 5.74) is 0. The smallest absolute Gasteiger partial charge is 0.382 e. The number of ether oxygens (including phenoxy) is 1. The van der Waals surface area contributed by atoms with Gasteiger partial charge in [0.15, 0.2) is 0 Å². The predicted octanol–water partition coefficient (Wildman–Crippen LogP) is 0.671. The first-order valence-electron chi connectivity index (χ1n) is 2.57. The van der Waals surface area contributed by atoms with Crippen molar-refractivity contribution in [2.24, 2.45) is 0 Å². The van der Waals surface area contributed by atoms with E-state index in [0.717, 1.165) is 13.2 Å². The predicted molar refractivity (Wildman–Crippen MR) is 34.2 cm³/mol. The fraction of sp³-hybridized carbons (Fsp3) is 1.00. The molecule has 56 valence electrons. The molecule has 0 aromatic rings. The normalized spacial score (nSPS) is 7.56. The van der Waals surface area contributed by atoms with Crippen molar-refractivity contribution in [2.75, 3.05) is 13.2 Å². The minimum atomic E-state index is -2.87. The second-order valence-electron chi connectivity index (χ2n) is 1.03. The number of hydrogen-bond donors (Lipinski definition) is 2. The second kappa shape index (κ2) is 10.9. The van der Waals surface area contributed by atoms with Crippen LogP contribution in [0.4, 0.5) is 0 Å². The molecule has 0 aromatic heterocycles. The molecule has 0 bridgehead atoms. The van der Waals surface area contributed by atoms with Crippen molar-refractivity contribution in [3.8, 4) is 0 Å². The monoisotopic (exact) mass is 155 g/mol. The fourth-order valence-electron chi connectivity index (χ4n) is 0.204. The lowest BCUT2D eigenvalue weighted by atomic mass is 10.8. The summed E-state index contributed by atoms with van der Waals surface area (Å²) in [6, 6.07) is 0. The van der Waals surface area contributed by atoms with Crippen molar-refractivity contribution in [2.45, 2.75) is 13.8 Å². The Morgan fingerprint density at radius 3 is 1.56 bits per heavy atom. The maximum atomic E-state index is 8.70. The lowest BCUT2D eigenvalue weighted by Gasteiger charge is -1.86. The molecule has 0 radical (unpaired) electrons. The van der Waals surface area contributed by atoms with Gasteiger partial charge >= 0.3 is 8.25 Å². The van der Waals surface area contributed by atoms with Gasteiger partial charge in [-0.05, 0) is 13.8 Å². The van der Waals surface area contributed by atoms with E-state index in [1.54, 1.807) is 0 Å². The van der Waals surface area contributed by atoms with Crippen LogP contribution in [0.25, 0.3) is 0 Å². The molecule has 0 fully saturated rings. The molecule has 5 heteroatoms. The van der Waals surface area contributed by atoms with Crippen LogP contribution in [0.15, 0.2) is 0 Å². The summed E-state index contributed by atoms with van der Waals surface area (Å²) in [6.45, 7) is 5.67. The summed E-state index contributed by atoms with van der Waals surface area (Å²) >= 11 is 0. The van der Waals surface area contributed by atoms with E-state index in [4.69, 9.17) is 19.1 Å². The highest BCUT2D eigenvalue weighted by atomic mass is 31.1. The van der Waals surface area contributed by atoms with Crippen LogP contribution in [0.1, 0.15) is 13.8 Å². The van der Waals surface area contributed by atoms with Gasteiger partial charge in [-0.1, -0.05) is 0 Å². The summed E-state index contributed by atoms with van der Waals surface area (Å²) in [7, 11) is -2.87. The zero-order valence-corrected chi connectivity index (χ0v) is 6.47. The minimum absolute atomic E-state index is 0.844. The Balaban J connectivity index is 0. The average Bonchev–Trinajstić information content (AvgIpc) is 1.66. The van der Waals surface area contributed by atoms with E-state index in [1.165, 1.54) is 0 Å². The quantitative estimate of drug-likeness (QED) is 0.575. The Morgan fingerprint density at radius 1 is 1.33 bits per heavy atom. The van der Waals surface area contributed by atoms with Crippen molar-refractivity contribution < 1.29 is 19.1 Å². The van der Waals surface area contributed by atoms with E-state index >= 15 is 0 Å². The van der Waals surface area contributed by atoms with Crippen LogP contribution in [0.3, 0.4) is 0 Å². The molecule has 0 unspecified atom stereocenters. The molecule has 0 saturated carbocycles. The third-order valence-electron chi connectivity index (χ3n) is 0.408. The van der Waals surface area contributed by atoms with Gasteiger partial charge in [-0.25, -0.2) is 0 Å². The number of rotatable bonds is 2. The molecule has 9 heavy (non-hydrogen) atoms. The Labute approximate surface area is 55.4 Å². The molecule has 0 amide bonds. The minimum Gasteiger partial charge on any atom is -0.382 e. The largest absolute Gasteiger partial charge is 0.692 e. The number of hydrogen-bond acceptors (Lipinski definition) is 2. The van der Waals surface area contributed by atoms with E-state index in [2.05, 4.69) is 0 Å². The lowest BCUT2D eigenvalue weighted by molar-refractivity contribution is 0.162. The van der Waals surface area contributed by atoms with E-state index in [1.807, 2.05) is 13.8 Å². The molecule has 0 spiro atoms. The van der Waals surface area contributed by atoms with Gasteiger partial charge in [0.2, 0.25) is 0 Å². The van der Waals surface area contributed by atoms with Crippen molar-refractivity contribution in [3.05, 3.63) is 0 Å². The molecule has 2 N–H and O–H groups in total. The van der Waals surface area contributed by atoms with E-state index in [9.17, 15) is 0 Å². The summed E-state index contributed by atoms with van der Waals surface area (Å²) in [5.74, 6) is 0. The van der Waals surface area contributed by atoms with Crippen molar-refractivity contribution in [3.63, 3.8) is 0 Å². The van der Waals surface area contributed by atoms with Gasteiger partial charge in [0.25, 0.3) is 0 Å². The second-order valence-corrected chi connectivity index (χ2v) is 1.54. The summed E-state index contributed by atoms with van der Waals surface area (Å²) in [5, 5.41) is 0. The maximum absolute atomic E-state index is 8.70. The standard InChI is InChI=1S/C4H10O.HO3P/c1-3-5-4-2;1-4(2)3/h3-4H2,1-2H3;(H-,1,2,3)/p+1. The van der Waals surface area contributed by atoms with Gasteiger partial charge in [-0.15, -0.1) is 9.79 Å².